The highest BCUT2D eigenvalue weighted by molar-refractivity contribution is 9.10. The van der Waals surface area contributed by atoms with E-state index in [0.717, 1.165) is 47.2 Å². The fourth-order valence-corrected chi connectivity index (χ4v) is 6.74. The van der Waals surface area contributed by atoms with Crippen molar-refractivity contribution in [2.24, 2.45) is 0 Å². The number of aromatic nitrogens is 1. The van der Waals surface area contributed by atoms with Gasteiger partial charge < -0.3 is 19.9 Å². The Bertz CT molecular complexity index is 1080. The standard InChI is InChI=1S/C26H35BrN4O3S/c1-5-30-11-9-20(16-30)28-25(33)21-14-18-15-31(35(34)26(2,3)4)22(10-12-32)23(18)24(29-21)17-7-6-8-19(27)13-17/h6-8,13-14,20,22,32H,5,9-12,15-16H2,1-4H3,(H,28,33)/t20-,22-,35?/m0/s1. The van der Waals surface area contributed by atoms with Gasteiger partial charge in [0.15, 0.2) is 0 Å². The molecule has 4 rings (SSSR count). The van der Waals surface area contributed by atoms with Gasteiger partial charge in [-0.2, -0.15) is 0 Å². The molecule has 9 heteroatoms. The Balaban J connectivity index is 1.76. The molecule has 1 fully saturated rings. The molecule has 7 nitrogen and oxygen atoms in total. The Morgan fingerprint density at radius 2 is 2.11 bits per heavy atom. The molecule has 1 aromatic carbocycles. The van der Waals surface area contributed by atoms with E-state index >= 15 is 0 Å². The lowest BCUT2D eigenvalue weighted by Crippen LogP contribution is -2.42. The number of rotatable bonds is 7. The van der Waals surface area contributed by atoms with Crippen molar-refractivity contribution >= 4 is 33.2 Å². The second-order valence-corrected chi connectivity index (χ2v) is 13.4. The molecule has 2 N–H and O–H groups in total. The Morgan fingerprint density at radius 1 is 1.34 bits per heavy atom. The van der Waals surface area contributed by atoms with E-state index in [-0.39, 0.29) is 24.6 Å². The largest absolute Gasteiger partial charge is 0.597 e. The first-order chi connectivity index (χ1) is 16.6. The highest BCUT2D eigenvalue weighted by Crippen LogP contribution is 2.45. The Kier molecular flexibility index (Phi) is 8.25. The molecule has 0 saturated carbocycles. The second-order valence-electron chi connectivity index (χ2n) is 10.3. The van der Waals surface area contributed by atoms with Crippen molar-refractivity contribution in [2.45, 2.75) is 63.9 Å². The summed E-state index contributed by atoms with van der Waals surface area (Å²) >= 11 is 2.27. The van der Waals surface area contributed by atoms with Gasteiger partial charge in [-0.25, -0.2) is 4.98 Å². The zero-order valence-corrected chi connectivity index (χ0v) is 23.3. The number of carbonyl (C=O) groups is 1. The number of aliphatic hydroxyl groups excluding tert-OH is 1. The number of amides is 1. The first-order valence-electron chi connectivity index (χ1n) is 12.2. The van der Waals surface area contributed by atoms with Crippen LogP contribution in [0, 0.1) is 0 Å². The molecule has 2 aliphatic heterocycles. The van der Waals surface area contributed by atoms with Crippen molar-refractivity contribution in [3.63, 3.8) is 0 Å². The molecule has 1 unspecified atom stereocenters. The van der Waals surface area contributed by atoms with Crippen LogP contribution < -0.4 is 5.32 Å². The van der Waals surface area contributed by atoms with Gasteiger partial charge in [-0.15, -0.1) is 4.31 Å². The van der Waals surface area contributed by atoms with Crippen molar-refractivity contribution in [1.82, 2.24) is 19.5 Å². The summed E-state index contributed by atoms with van der Waals surface area (Å²) in [7, 11) is 0. The highest BCUT2D eigenvalue weighted by atomic mass is 79.9. The van der Waals surface area contributed by atoms with Gasteiger partial charge in [0.2, 0.25) is 0 Å². The Morgan fingerprint density at radius 3 is 2.74 bits per heavy atom. The average molecular weight is 564 g/mol. The molecule has 1 saturated heterocycles. The number of pyridine rings is 1. The first-order valence-corrected chi connectivity index (χ1v) is 14.1. The summed E-state index contributed by atoms with van der Waals surface area (Å²) in [6.07, 6.45) is 1.37. The Labute approximate surface area is 219 Å². The third-order valence-corrected chi connectivity index (χ3v) is 9.03. The SMILES string of the molecule is CCN1CC[C@H](NC(=O)c2cc3c(c(-c4cccc(Br)c4)n2)[C@H](CCO)N([S+]([O-])C(C)(C)C)C3)C1. The van der Waals surface area contributed by atoms with Crippen LogP contribution in [0.3, 0.4) is 0 Å². The molecular formula is C26H35BrN4O3S. The number of nitrogens with zero attached hydrogens (tertiary/aromatic N) is 3. The smallest absolute Gasteiger partial charge is 0.270 e. The minimum atomic E-state index is -1.29. The van der Waals surface area contributed by atoms with Crippen LogP contribution in [-0.4, -0.2) is 66.8 Å². The summed E-state index contributed by atoms with van der Waals surface area (Å²) in [5.41, 5.74) is 3.86. The molecule has 2 aliphatic rings. The number of halogens is 1. The molecule has 2 aromatic rings. The summed E-state index contributed by atoms with van der Waals surface area (Å²) in [4.78, 5) is 20.5. The van der Waals surface area contributed by atoms with Crippen LogP contribution in [0.15, 0.2) is 34.8 Å². The van der Waals surface area contributed by atoms with E-state index in [9.17, 15) is 14.5 Å². The number of aliphatic hydroxyl groups is 1. The predicted octanol–water partition coefficient (Wildman–Crippen LogP) is 4.04. The lowest BCUT2D eigenvalue weighted by molar-refractivity contribution is 0.0933. The predicted molar refractivity (Wildman–Crippen MR) is 143 cm³/mol. The molecule has 3 atom stereocenters. The van der Waals surface area contributed by atoms with Crippen molar-refractivity contribution in [2.75, 3.05) is 26.2 Å². The maximum absolute atomic E-state index is 13.5. The number of carbonyl (C=O) groups excluding carboxylic acids is 1. The summed E-state index contributed by atoms with van der Waals surface area (Å²) in [6, 6.07) is 9.57. The van der Waals surface area contributed by atoms with Crippen LogP contribution in [0.4, 0.5) is 0 Å². The number of benzene rings is 1. The maximum atomic E-state index is 13.5. The number of likely N-dealkylation sites (N-methyl/N-ethyl adjacent to an activating group) is 1. The van der Waals surface area contributed by atoms with Crippen molar-refractivity contribution in [3.05, 3.63) is 51.6 Å². The fraction of sp³-hybridized carbons (Fsp3) is 0.538. The van der Waals surface area contributed by atoms with Crippen molar-refractivity contribution in [3.8, 4) is 11.3 Å². The van der Waals surface area contributed by atoms with Gasteiger partial charge >= 0.3 is 0 Å². The van der Waals surface area contributed by atoms with Gasteiger partial charge in [0.25, 0.3) is 5.91 Å². The molecule has 0 aliphatic carbocycles. The fourth-order valence-electron chi connectivity index (χ4n) is 4.94. The lowest BCUT2D eigenvalue weighted by Gasteiger charge is -2.33. The van der Waals surface area contributed by atoms with Gasteiger partial charge in [0.1, 0.15) is 10.4 Å². The molecular weight excluding hydrogens is 528 g/mol. The maximum Gasteiger partial charge on any atom is 0.270 e. The van der Waals surface area contributed by atoms with Crippen LogP contribution in [0.2, 0.25) is 0 Å². The van der Waals surface area contributed by atoms with Crippen LogP contribution in [0.5, 0.6) is 0 Å². The Hall–Kier alpha value is -1.49. The minimum absolute atomic E-state index is 0.0300. The average Bonchev–Trinajstić information content (AvgIpc) is 3.42. The van der Waals surface area contributed by atoms with E-state index in [2.05, 4.69) is 33.1 Å². The van der Waals surface area contributed by atoms with Gasteiger partial charge in [-0.3, -0.25) is 4.79 Å². The number of hydrogen-bond donors (Lipinski definition) is 2. The summed E-state index contributed by atoms with van der Waals surface area (Å²) in [6.45, 7) is 11.2. The van der Waals surface area contributed by atoms with E-state index < -0.39 is 16.1 Å². The molecule has 3 heterocycles. The minimum Gasteiger partial charge on any atom is -0.597 e. The van der Waals surface area contributed by atoms with E-state index in [0.29, 0.717) is 24.4 Å². The number of fused-ring (bicyclic) bond motifs is 1. The van der Waals surface area contributed by atoms with E-state index in [1.165, 1.54) is 0 Å². The van der Waals surface area contributed by atoms with Crippen molar-refractivity contribution in [1.29, 1.82) is 0 Å². The third-order valence-electron chi connectivity index (χ3n) is 6.68. The molecule has 1 amide bonds. The highest BCUT2D eigenvalue weighted by Gasteiger charge is 2.45. The topological polar surface area (TPSA) is 91.8 Å². The van der Waals surface area contributed by atoms with Crippen molar-refractivity contribution < 1.29 is 14.5 Å². The summed E-state index contributed by atoms with van der Waals surface area (Å²) < 4.78 is 15.9. The van der Waals surface area contributed by atoms with Gasteiger partial charge in [0, 0.05) is 52.7 Å². The second kappa shape index (κ2) is 10.9. The van der Waals surface area contributed by atoms with Crippen LogP contribution in [0.25, 0.3) is 11.3 Å². The zero-order valence-electron chi connectivity index (χ0n) is 20.9. The number of nitrogens with one attached hydrogen (secondary N) is 1. The molecule has 1 aromatic heterocycles. The zero-order chi connectivity index (χ0) is 25.3. The third kappa shape index (κ3) is 5.76. The molecule has 0 bridgehead atoms. The van der Waals surface area contributed by atoms with E-state index in [1.807, 2.05) is 55.4 Å². The number of likely N-dealkylation sites (tertiary alicyclic amines) is 1. The summed E-state index contributed by atoms with van der Waals surface area (Å²) in [5.74, 6) is -0.180. The summed E-state index contributed by atoms with van der Waals surface area (Å²) in [5, 5.41) is 13.1. The van der Waals surface area contributed by atoms with Gasteiger partial charge in [0.05, 0.1) is 18.3 Å². The monoisotopic (exact) mass is 562 g/mol. The molecule has 0 radical (unpaired) electrons. The number of hydrogen-bond acceptors (Lipinski definition) is 6. The molecule has 190 valence electrons. The van der Waals surface area contributed by atoms with Crippen LogP contribution >= 0.6 is 15.9 Å². The first kappa shape index (κ1) is 26.6. The van der Waals surface area contributed by atoms with Gasteiger partial charge in [-0.05, 0) is 63.9 Å². The van der Waals surface area contributed by atoms with E-state index in [1.54, 1.807) is 0 Å². The quantitative estimate of drug-likeness (QED) is 0.495. The van der Waals surface area contributed by atoms with Crippen LogP contribution in [0.1, 0.15) is 68.2 Å². The molecule has 35 heavy (non-hydrogen) atoms. The van der Waals surface area contributed by atoms with E-state index in [4.69, 9.17) is 4.98 Å². The normalized spacial score (nSPS) is 21.8. The van der Waals surface area contributed by atoms with Gasteiger partial charge in [-0.1, -0.05) is 35.0 Å². The lowest BCUT2D eigenvalue weighted by atomic mass is 9.96. The molecule has 0 spiro atoms. The van der Waals surface area contributed by atoms with Crippen LogP contribution in [-0.2, 0) is 17.9 Å².